The molecule has 130 valence electrons. The molecule has 0 saturated carbocycles. The van der Waals surface area contributed by atoms with Crippen LogP contribution in [0.3, 0.4) is 0 Å². The molecule has 1 aliphatic rings. The summed E-state index contributed by atoms with van der Waals surface area (Å²) in [7, 11) is 0. The second kappa shape index (κ2) is 7.79. The summed E-state index contributed by atoms with van der Waals surface area (Å²) in [6.07, 6.45) is 3.52. The molecule has 6 nitrogen and oxygen atoms in total. The molecule has 0 radical (unpaired) electrons. The predicted molar refractivity (Wildman–Crippen MR) is 97.4 cm³/mol. The summed E-state index contributed by atoms with van der Waals surface area (Å²) in [6, 6.07) is 11.6. The van der Waals surface area contributed by atoms with Gasteiger partial charge in [0, 0.05) is 19.3 Å². The maximum Gasteiger partial charge on any atom is 0.255 e. The molecule has 6 heteroatoms. The van der Waals surface area contributed by atoms with Gasteiger partial charge in [0.1, 0.15) is 5.82 Å². The van der Waals surface area contributed by atoms with Gasteiger partial charge in [0.05, 0.1) is 17.8 Å². The molecule has 1 aliphatic heterocycles. The van der Waals surface area contributed by atoms with E-state index in [0.29, 0.717) is 30.2 Å². The van der Waals surface area contributed by atoms with Crippen LogP contribution in [0.1, 0.15) is 35.7 Å². The second-order valence-corrected chi connectivity index (χ2v) is 6.09. The zero-order chi connectivity index (χ0) is 17.6. The van der Waals surface area contributed by atoms with E-state index >= 15 is 0 Å². The maximum absolute atomic E-state index is 13.0. The Hall–Kier alpha value is -2.89. The van der Waals surface area contributed by atoms with Crippen LogP contribution in [0.2, 0.25) is 0 Å². The molecular weight excluding hydrogens is 316 g/mol. The van der Waals surface area contributed by atoms with Crippen molar-refractivity contribution in [3.63, 3.8) is 0 Å². The monoisotopic (exact) mass is 338 g/mol. The molecule has 0 fully saturated rings. The zero-order valence-corrected chi connectivity index (χ0v) is 14.3. The third-order valence-corrected chi connectivity index (χ3v) is 4.11. The number of rotatable bonds is 6. The summed E-state index contributed by atoms with van der Waals surface area (Å²) in [5, 5.41) is 5.69. The first-order chi connectivity index (χ1) is 12.2. The van der Waals surface area contributed by atoms with E-state index in [9.17, 15) is 9.59 Å². The number of fused-ring (bicyclic) bond motifs is 1. The molecular formula is C19H22N4O2. The van der Waals surface area contributed by atoms with Crippen LogP contribution >= 0.6 is 0 Å². The van der Waals surface area contributed by atoms with Crippen LogP contribution in [-0.4, -0.2) is 34.8 Å². The largest absolute Gasteiger partial charge is 0.359 e. The number of nitrogens with zero attached hydrogens (tertiary/aromatic N) is 2. The molecule has 0 spiro atoms. The van der Waals surface area contributed by atoms with Crippen LogP contribution < -0.4 is 10.6 Å². The summed E-state index contributed by atoms with van der Waals surface area (Å²) in [4.78, 5) is 30.6. The van der Waals surface area contributed by atoms with Gasteiger partial charge in [0.25, 0.3) is 5.91 Å². The van der Waals surface area contributed by atoms with E-state index in [1.54, 1.807) is 12.3 Å². The van der Waals surface area contributed by atoms with Crippen molar-refractivity contribution in [3.05, 3.63) is 53.7 Å². The van der Waals surface area contributed by atoms with E-state index in [4.69, 9.17) is 0 Å². The normalized spacial score (nSPS) is 12.8. The lowest BCUT2D eigenvalue weighted by atomic mass is 10.1. The Bertz CT molecular complexity index is 761. The van der Waals surface area contributed by atoms with Gasteiger partial charge in [-0.1, -0.05) is 43.7 Å². The van der Waals surface area contributed by atoms with E-state index in [0.717, 1.165) is 18.4 Å². The summed E-state index contributed by atoms with van der Waals surface area (Å²) in [6.45, 7) is 3.55. The van der Waals surface area contributed by atoms with Crippen LogP contribution in [0.25, 0.3) is 0 Å². The van der Waals surface area contributed by atoms with Crippen molar-refractivity contribution in [1.29, 1.82) is 0 Å². The number of unbranched alkanes of at least 4 members (excludes halogenated alkanes) is 1. The minimum atomic E-state index is -0.133. The fourth-order valence-electron chi connectivity index (χ4n) is 2.76. The summed E-state index contributed by atoms with van der Waals surface area (Å²) >= 11 is 0. The van der Waals surface area contributed by atoms with Crippen LogP contribution in [0.4, 0.5) is 11.5 Å². The highest BCUT2D eigenvalue weighted by Gasteiger charge is 2.20. The molecule has 0 unspecified atom stereocenters. The van der Waals surface area contributed by atoms with Crippen molar-refractivity contribution in [2.45, 2.75) is 26.3 Å². The Balaban J connectivity index is 1.81. The highest BCUT2D eigenvalue weighted by atomic mass is 16.2. The molecule has 25 heavy (non-hydrogen) atoms. The lowest BCUT2D eigenvalue weighted by Gasteiger charge is -2.24. The summed E-state index contributed by atoms with van der Waals surface area (Å²) < 4.78 is 0. The van der Waals surface area contributed by atoms with Crippen molar-refractivity contribution >= 4 is 23.3 Å². The molecule has 2 heterocycles. The smallest absolute Gasteiger partial charge is 0.255 e. The standard InChI is InChI=1S/C19H22N4O2/c1-2-3-9-23(13-14-7-5-4-6-8-14)19(25)15-10-16-18(20-11-15)21-12-17(24)22-16/h4-8,10-11H,2-3,9,12-13H2,1H3,(H,20,21)(H,22,24). The van der Waals surface area contributed by atoms with Gasteiger partial charge in [-0.3, -0.25) is 9.59 Å². The molecule has 1 aromatic heterocycles. The molecule has 2 aromatic rings. The average Bonchev–Trinajstić information content (AvgIpc) is 2.64. The molecule has 0 atom stereocenters. The lowest BCUT2D eigenvalue weighted by molar-refractivity contribution is -0.114. The molecule has 0 aliphatic carbocycles. The van der Waals surface area contributed by atoms with E-state index in [1.165, 1.54) is 0 Å². The number of hydrogen-bond donors (Lipinski definition) is 2. The number of hydrogen-bond acceptors (Lipinski definition) is 4. The molecule has 0 bridgehead atoms. The van der Waals surface area contributed by atoms with Gasteiger partial charge in [-0.05, 0) is 18.1 Å². The van der Waals surface area contributed by atoms with Crippen molar-refractivity contribution < 1.29 is 9.59 Å². The number of carbonyl (C=O) groups excluding carboxylic acids is 2. The molecule has 2 amide bonds. The predicted octanol–water partition coefficient (Wildman–Crippen LogP) is 2.89. The number of carbonyl (C=O) groups is 2. The summed E-state index contributed by atoms with van der Waals surface area (Å²) in [5.74, 6) is 0.387. The van der Waals surface area contributed by atoms with Crippen LogP contribution in [0.5, 0.6) is 0 Å². The van der Waals surface area contributed by atoms with Crippen molar-refractivity contribution in [1.82, 2.24) is 9.88 Å². The van der Waals surface area contributed by atoms with Gasteiger partial charge in [-0.2, -0.15) is 0 Å². The number of benzene rings is 1. The minimum absolute atomic E-state index is 0.0765. The van der Waals surface area contributed by atoms with Crippen LogP contribution in [0, 0.1) is 0 Å². The van der Waals surface area contributed by atoms with Gasteiger partial charge in [-0.15, -0.1) is 0 Å². The number of pyridine rings is 1. The quantitative estimate of drug-likeness (QED) is 0.849. The van der Waals surface area contributed by atoms with E-state index in [-0.39, 0.29) is 18.4 Å². The first-order valence-electron chi connectivity index (χ1n) is 8.54. The van der Waals surface area contributed by atoms with Crippen molar-refractivity contribution in [2.75, 3.05) is 23.7 Å². The number of anilines is 2. The maximum atomic E-state index is 13.0. The third kappa shape index (κ3) is 4.15. The molecule has 1 aromatic carbocycles. The Morgan fingerprint density at radius 3 is 2.84 bits per heavy atom. The number of amides is 2. The fraction of sp³-hybridized carbons (Fsp3) is 0.316. The van der Waals surface area contributed by atoms with Crippen LogP contribution in [-0.2, 0) is 11.3 Å². The molecule has 3 rings (SSSR count). The first kappa shape index (κ1) is 17.0. The van der Waals surface area contributed by atoms with Crippen molar-refractivity contribution in [2.24, 2.45) is 0 Å². The topological polar surface area (TPSA) is 74.3 Å². The fourth-order valence-corrected chi connectivity index (χ4v) is 2.76. The summed E-state index contributed by atoms with van der Waals surface area (Å²) in [5.41, 5.74) is 2.12. The van der Waals surface area contributed by atoms with E-state index in [2.05, 4.69) is 22.5 Å². The lowest BCUT2D eigenvalue weighted by Crippen LogP contribution is -2.32. The highest BCUT2D eigenvalue weighted by molar-refractivity contribution is 6.02. The number of aromatic nitrogens is 1. The first-order valence-corrected chi connectivity index (χ1v) is 8.54. The van der Waals surface area contributed by atoms with Crippen molar-refractivity contribution in [3.8, 4) is 0 Å². The van der Waals surface area contributed by atoms with Gasteiger partial charge >= 0.3 is 0 Å². The van der Waals surface area contributed by atoms with Crippen LogP contribution in [0.15, 0.2) is 42.6 Å². The van der Waals surface area contributed by atoms with E-state index < -0.39 is 0 Å². The zero-order valence-electron chi connectivity index (χ0n) is 14.3. The minimum Gasteiger partial charge on any atom is -0.359 e. The Morgan fingerprint density at radius 2 is 2.08 bits per heavy atom. The third-order valence-electron chi connectivity index (χ3n) is 4.11. The Labute approximate surface area is 147 Å². The Kier molecular flexibility index (Phi) is 5.28. The number of nitrogens with one attached hydrogen (secondary N) is 2. The van der Waals surface area contributed by atoms with Gasteiger partial charge < -0.3 is 15.5 Å². The SMILES string of the molecule is CCCCN(Cc1ccccc1)C(=O)c1cnc2c(c1)NC(=O)CN2. The van der Waals surface area contributed by atoms with Gasteiger partial charge in [0.2, 0.25) is 5.91 Å². The molecule has 2 N–H and O–H groups in total. The van der Waals surface area contributed by atoms with Gasteiger partial charge in [-0.25, -0.2) is 4.98 Å². The van der Waals surface area contributed by atoms with Gasteiger partial charge in [0.15, 0.2) is 0 Å². The van der Waals surface area contributed by atoms with E-state index in [1.807, 2.05) is 35.2 Å². The molecule has 0 saturated heterocycles. The highest BCUT2D eigenvalue weighted by Crippen LogP contribution is 2.24. The average molecular weight is 338 g/mol. The Morgan fingerprint density at radius 1 is 1.28 bits per heavy atom. The second-order valence-electron chi connectivity index (χ2n) is 6.09.